The molecule has 3 aliphatic rings. The molecule has 1 aromatic rings. The normalized spacial score (nSPS) is 32.1. The molecule has 3 aliphatic carbocycles. The molecule has 186 valence electrons. The summed E-state index contributed by atoms with van der Waals surface area (Å²) in [5, 5.41) is 22.0. The van der Waals surface area contributed by atoms with Gasteiger partial charge in [-0.25, -0.2) is 0 Å². The second-order valence-electron chi connectivity index (χ2n) is 9.97. The predicted molar refractivity (Wildman–Crippen MR) is 119 cm³/mol. The van der Waals surface area contributed by atoms with Crippen molar-refractivity contribution in [1.82, 2.24) is 9.80 Å². The van der Waals surface area contributed by atoms with Gasteiger partial charge in [0.25, 0.3) is 5.91 Å². The summed E-state index contributed by atoms with van der Waals surface area (Å²) >= 11 is 0. The fourth-order valence-corrected chi connectivity index (χ4v) is 6.05. The van der Waals surface area contributed by atoms with Gasteiger partial charge in [-0.15, -0.1) is 0 Å². The van der Waals surface area contributed by atoms with Gasteiger partial charge >= 0.3 is 0 Å². The molecule has 0 aliphatic heterocycles. The van der Waals surface area contributed by atoms with Gasteiger partial charge in [0, 0.05) is 25.6 Å². The van der Waals surface area contributed by atoms with Gasteiger partial charge in [0.2, 0.25) is 5.91 Å². The molecule has 0 spiro atoms. The Hall–Kier alpha value is -3.44. The van der Waals surface area contributed by atoms with E-state index in [0.29, 0.717) is 0 Å². The molecule has 2 amide bonds. The van der Waals surface area contributed by atoms with E-state index < -0.39 is 76.0 Å². The molecule has 4 rings (SSSR count). The van der Waals surface area contributed by atoms with Crippen LogP contribution in [0.5, 0.6) is 5.75 Å². The fraction of sp³-hybridized carbons (Fsp3) is 0.500. The summed E-state index contributed by atoms with van der Waals surface area (Å²) in [6.45, 7) is 0. The number of carbonyl (C=O) groups excluding carboxylic acids is 6. The highest BCUT2D eigenvalue weighted by Gasteiger charge is 2.69. The number of rotatable bonds is 3. The van der Waals surface area contributed by atoms with E-state index in [1.54, 1.807) is 0 Å². The maximum absolute atomic E-state index is 13.7. The first-order valence-corrected chi connectivity index (χ1v) is 11.2. The number of nitrogens with two attached hydrogens (primary N) is 1. The standard InChI is InChI=1S/C24H27N3O8/c1-26(2)17-12-8-9-7-11-10(23(34)27(3)4)5-6-13(28)15(11)18(29)14(9)20(31)24(12,35)21(32)16(19(17)30)22(25)33/h5-6,9,12,14,16-17,28,35H,7-8H2,1-4H3,(H2,25,33)/t9-,12-,14?,16?,17-,24-/m0/s1. The first-order chi connectivity index (χ1) is 16.2. The molecule has 2 saturated carbocycles. The van der Waals surface area contributed by atoms with E-state index in [-0.39, 0.29) is 29.5 Å². The lowest BCUT2D eigenvalue weighted by atomic mass is 9.52. The molecular weight excluding hydrogens is 458 g/mol. The molecule has 11 heteroatoms. The summed E-state index contributed by atoms with van der Waals surface area (Å²) in [6.07, 6.45) is -0.0374. The quantitative estimate of drug-likeness (QED) is 0.433. The van der Waals surface area contributed by atoms with Crippen molar-refractivity contribution in [3.8, 4) is 5.75 Å². The summed E-state index contributed by atoms with van der Waals surface area (Å²) in [6, 6.07) is 1.41. The molecule has 35 heavy (non-hydrogen) atoms. The highest BCUT2D eigenvalue weighted by molar-refractivity contribution is 6.32. The van der Waals surface area contributed by atoms with Crippen LogP contribution in [0.2, 0.25) is 0 Å². The smallest absolute Gasteiger partial charge is 0.253 e. The molecule has 1 aromatic carbocycles. The zero-order valence-corrected chi connectivity index (χ0v) is 19.8. The minimum atomic E-state index is -2.77. The van der Waals surface area contributed by atoms with Crippen molar-refractivity contribution in [3.05, 3.63) is 28.8 Å². The van der Waals surface area contributed by atoms with Gasteiger partial charge in [-0.3, -0.25) is 33.7 Å². The number of primary amides is 1. The average Bonchev–Trinajstić information content (AvgIpc) is 2.75. The summed E-state index contributed by atoms with van der Waals surface area (Å²) in [5.41, 5.74) is 2.78. The number of benzene rings is 1. The molecule has 2 unspecified atom stereocenters. The molecule has 0 heterocycles. The number of aromatic hydroxyl groups is 1. The second kappa shape index (κ2) is 8.06. The van der Waals surface area contributed by atoms with E-state index in [2.05, 4.69) is 0 Å². The minimum Gasteiger partial charge on any atom is -0.507 e. The monoisotopic (exact) mass is 485 g/mol. The Balaban J connectivity index is 1.89. The molecule has 0 radical (unpaired) electrons. The van der Waals surface area contributed by atoms with Crippen LogP contribution in [0.4, 0.5) is 0 Å². The molecule has 0 aromatic heterocycles. The van der Waals surface area contributed by atoms with Crippen LogP contribution in [0.3, 0.4) is 0 Å². The van der Waals surface area contributed by atoms with Gasteiger partial charge in [0.15, 0.2) is 34.7 Å². The number of hydrogen-bond donors (Lipinski definition) is 3. The van der Waals surface area contributed by atoms with Gasteiger partial charge in [-0.1, -0.05) is 0 Å². The summed E-state index contributed by atoms with van der Waals surface area (Å²) in [7, 11) is 6.10. The summed E-state index contributed by atoms with van der Waals surface area (Å²) in [5.74, 6) is -11.6. The van der Waals surface area contributed by atoms with Gasteiger partial charge in [-0.2, -0.15) is 0 Å². The van der Waals surface area contributed by atoms with Gasteiger partial charge in [-0.05, 0) is 50.6 Å². The van der Waals surface area contributed by atoms with Crippen LogP contribution in [-0.2, 0) is 25.6 Å². The molecule has 2 fully saturated rings. The Morgan fingerprint density at radius 3 is 2.23 bits per heavy atom. The highest BCUT2D eigenvalue weighted by Crippen LogP contribution is 2.51. The predicted octanol–water partition coefficient (Wildman–Crippen LogP) is -1.43. The number of Topliss-reactive ketones (excluding diaryl/α,β-unsaturated/α-hetero) is 4. The van der Waals surface area contributed by atoms with Gasteiger partial charge in [0.1, 0.15) is 5.75 Å². The van der Waals surface area contributed by atoms with E-state index >= 15 is 0 Å². The first kappa shape index (κ1) is 24.7. The number of aliphatic hydroxyl groups is 1. The number of amides is 2. The van der Waals surface area contributed by atoms with Crippen LogP contribution in [-0.4, -0.2) is 94.8 Å². The van der Waals surface area contributed by atoms with Crippen molar-refractivity contribution < 1.29 is 39.0 Å². The number of nitrogens with zero attached hydrogens (tertiary/aromatic N) is 2. The lowest BCUT2D eigenvalue weighted by Gasteiger charge is -2.52. The van der Waals surface area contributed by atoms with Crippen molar-refractivity contribution in [2.45, 2.75) is 24.5 Å². The van der Waals surface area contributed by atoms with E-state index in [4.69, 9.17) is 5.73 Å². The Morgan fingerprint density at radius 2 is 1.69 bits per heavy atom. The third kappa shape index (κ3) is 3.25. The van der Waals surface area contributed by atoms with Crippen LogP contribution >= 0.6 is 0 Å². The van der Waals surface area contributed by atoms with Crippen molar-refractivity contribution in [1.29, 1.82) is 0 Å². The fourth-order valence-electron chi connectivity index (χ4n) is 6.05. The third-order valence-corrected chi connectivity index (χ3v) is 7.58. The SMILES string of the molecule is CN(C)C(=O)c1ccc(O)c2c1C[C@H]1C[C@H]3[C@H](N(C)C)C(=O)C(C(N)=O)C(=O)[C@@]3(O)C(=O)C1C2=O. The van der Waals surface area contributed by atoms with Crippen LogP contribution in [0.1, 0.15) is 32.7 Å². The zero-order valence-electron chi connectivity index (χ0n) is 19.8. The largest absolute Gasteiger partial charge is 0.507 e. The molecule has 4 N–H and O–H groups in total. The number of hydrogen-bond acceptors (Lipinski definition) is 9. The van der Waals surface area contributed by atoms with E-state index in [1.807, 2.05) is 0 Å². The second-order valence-corrected chi connectivity index (χ2v) is 9.97. The van der Waals surface area contributed by atoms with E-state index in [9.17, 15) is 39.0 Å². The molecular formula is C24H27N3O8. The van der Waals surface area contributed by atoms with Crippen molar-refractivity contribution in [3.63, 3.8) is 0 Å². The van der Waals surface area contributed by atoms with Gasteiger partial charge < -0.3 is 20.8 Å². The highest BCUT2D eigenvalue weighted by atomic mass is 16.3. The number of ketones is 4. The first-order valence-electron chi connectivity index (χ1n) is 11.2. The average molecular weight is 485 g/mol. The Bertz CT molecular complexity index is 1210. The topological polar surface area (TPSA) is 175 Å². The minimum absolute atomic E-state index is 0.0369. The lowest BCUT2D eigenvalue weighted by molar-refractivity contribution is -0.181. The van der Waals surface area contributed by atoms with E-state index in [0.717, 1.165) is 0 Å². The number of fused-ring (bicyclic) bond motifs is 3. The summed E-state index contributed by atoms with van der Waals surface area (Å²) in [4.78, 5) is 81.0. The van der Waals surface area contributed by atoms with Crippen LogP contribution in [0.15, 0.2) is 12.1 Å². The molecule has 0 bridgehead atoms. The Morgan fingerprint density at radius 1 is 1.06 bits per heavy atom. The van der Waals surface area contributed by atoms with Gasteiger partial charge in [0.05, 0.1) is 17.5 Å². The maximum Gasteiger partial charge on any atom is 0.253 e. The Kier molecular flexibility index (Phi) is 5.68. The number of phenolic OH excluding ortho intramolecular Hbond substituents is 1. The number of carbonyl (C=O) groups is 6. The number of likely N-dealkylation sites (N-methyl/N-ethyl adjacent to an activating group) is 1. The maximum atomic E-state index is 13.7. The van der Waals surface area contributed by atoms with Crippen molar-refractivity contribution >= 4 is 34.9 Å². The van der Waals surface area contributed by atoms with Crippen LogP contribution < -0.4 is 5.73 Å². The van der Waals surface area contributed by atoms with Crippen LogP contribution in [0, 0.1) is 23.7 Å². The third-order valence-electron chi connectivity index (χ3n) is 7.58. The molecule has 6 atom stereocenters. The number of phenols is 1. The Labute approximate surface area is 200 Å². The lowest BCUT2D eigenvalue weighted by Crippen LogP contribution is -2.74. The zero-order chi connectivity index (χ0) is 26.1. The van der Waals surface area contributed by atoms with Crippen molar-refractivity contribution in [2.75, 3.05) is 28.2 Å². The van der Waals surface area contributed by atoms with Crippen LogP contribution in [0.25, 0.3) is 0 Å². The molecule has 0 saturated heterocycles. The van der Waals surface area contributed by atoms with E-state index in [1.165, 1.54) is 50.1 Å². The summed E-state index contributed by atoms with van der Waals surface area (Å²) < 4.78 is 0. The van der Waals surface area contributed by atoms with Crippen molar-refractivity contribution in [2.24, 2.45) is 29.4 Å². The molecule has 11 nitrogen and oxygen atoms in total.